The zero-order chi connectivity index (χ0) is 22.5. The number of piperazine rings is 1. The lowest BCUT2D eigenvalue weighted by atomic mass is 9.98. The van der Waals surface area contributed by atoms with Gasteiger partial charge in [0.2, 0.25) is 0 Å². The molecule has 1 N–H and O–H groups in total. The van der Waals surface area contributed by atoms with Gasteiger partial charge in [-0.05, 0) is 31.0 Å². The summed E-state index contributed by atoms with van der Waals surface area (Å²) in [4.78, 5) is 38.3. The zero-order valence-corrected chi connectivity index (χ0v) is 17.9. The van der Waals surface area contributed by atoms with E-state index in [9.17, 15) is 19.7 Å². The number of carboxylic acids is 1. The molecule has 1 fully saturated rings. The SMILES string of the molecule is Cc1ccc([C@H](CCC(=O)O)N2CCN(C(=O)c3ccc(Cl)c([N+](=O)[O-])c3)CC2)cc1. The summed E-state index contributed by atoms with van der Waals surface area (Å²) in [5.41, 5.74) is 2.12. The molecule has 31 heavy (non-hydrogen) atoms. The summed E-state index contributed by atoms with van der Waals surface area (Å²) in [6.07, 6.45) is 0.544. The minimum atomic E-state index is -0.838. The van der Waals surface area contributed by atoms with E-state index in [-0.39, 0.29) is 34.6 Å². The van der Waals surface area contributed by atoms with Crippen LogP contribution in [0.5, 0.6) is 0 Å². The highest BCUT2D eigenvalue weighted by Crippen LogP contribution is 2.29. The number of benzene rings is 2. The predicted octanol–water partition coefficient (Wildman–Crippen LogP) is 3.92. The van der Waals surface area contributed by atoms with Gasteiger partial charge in [-0.1, -0.05) is 41.4 Å². The van der Waals surface area contributed by atoms with Crippen LogP contribution in [0.4, 0.5) is 5.69 Å². The second-order valence-electron chi connectivity index (χ2n) is 7.61. The highest BCUT2D eigenvalue weighted by atomic mass is 35.5. The van der Waals surface area contributed by atoms with Gasteiger partial charge in [0.25, 0.3) is 11.6 Å². The average Bonchev–Trinajstić information content (AvgIpc) is 2.75. The first-order valence-electron chi connectivity index (χ1n) is 10.0. The summed E-state index contributed by atoms with van der Waals surface area (Å²) in [5, 5.41) is 20.2. The Morgan fingerprint density at radius 2 is 1.77 bits per heavy atom. The number of hydrogen-bond donors (Lipinski definition) is 1. The highest BCUT2D eigenvalue weighted by molar-refractivity contribution is 6.32. The Morgan fingerprint density at radius 1 is 1.13 bits per heavy atom. The molecule has 3 rings (SSSR count). The van der Waals surface area contributed by atoms with Gasteiger partial charge in [-0.3, -0.25) is 24.6 Å². The van der Waals surface area contributed by atoms with Crippen molar-refractivity contribution in [1.29, 1.82) is 0 Å². The third kappa shape index (κ3) is 5.59. The predicted molar refractivity (Wildman–Crippen MR) is 116 cm³/mol. The van der Waals surface area contributed by atoms with E-state index < -0.39 is 10.9 Å². The molecule has 0 bridgehead atoms. The third-order valence-corrected chi connectivity index (χ3v) is 5.85. The van der Waals surface area contributed by atoms with Gasteiger partial charge < -0.3 is 10.0 Å². The molecule has 1 atom stereocenters. The Balaban J connectivity index is 1.70. The molecule has 0 unspecified atom stereocenters. The van der Waals surface area contributed by atoms with Gasteiger partial charge in [0.05, 0.1) is 4.92 Å². The van der Waals surface area contributed by atoms with Crippen molar-refractivity contribution in [2.75, 3.05) is 26.2 Å². The van der Waals surface area contributed by atoms with Gasteiger partial charge in [-0.2, -0.15) is 0 Å². The molecule has 1 aliphatic heterocycles. The van der Waals surface area contributed by atoms with E-state index in [2.05, 4.69) is 4.90 Å². The fourth-order valence-corrected chi connectivity index (χ4v) is 4.00. The first-order valence-corrected chi connectivity index (χ1v) is 10.4. The van der Waals surface area contributed by atoms with Crippen LogP contribution in [-0.4, -0.2) is 57.9 Å². The first-order chi connectivity index (χ1) is 14.8. The average molecular weight is 446 g/mol. The van der Waals surface area contributed by atoms with E-state index >= 15 is 0 Å². The van der Waals surface area contributed by atoms with Crippen LogP contribution in [0.2, 0.25) is 5.02 Å². The fourth-order valence-electron chi connectivity index (χ4n) is 3.81. The fraction of sp³-hybridized carbons (Fsp3) is 0.364. The third-order valence-electron chi connectivity index (χ3n) is 5.53. The molecule has 8 nitrogen and oxygen atoms in total. The van der Waals surface area contributed by atoms with Gasteiger partial charge in [0, 0.05) is 50.3 Å². The van der Waals surface area contributed by atoms with Crippen LogP contribution < -0.4 is 0 Å². The van der Waals surface area contributed by atoms with Crippen molar-refractivity contribution in [2.45, 2.75) is 25.8 Å². The molecule has 0 aromatic heterocycles. The topological polar surface area (TPSA) is 104 Å². The number of nitro benzene ring substituents is 1. The molecule has 2 aromatic rings. The van der Waals surface area contributed by atoms with Crippen molar-refractivity contribution < 1.29 is 19.6 Å². The molecular formula is C22H24ClN3O5. The number of carbonyl (C=O) groups is 2. The molecule has 1 aliphatic rings. The summed E-state index contributed by atoms with van der Waals surface area (Å²) in [6, 6.07) is 12.1. The van der Waals surface area contributed by atoms with E-state index in [0.717, 1.165) is 11.1 Å². The Morgan fingerprint density at radius 3 is 2.35 bits per heavy atom. The summed E-state index contributed by atoms with van der Waals surface area (Å²) in [7, 11) is 0. The Labute approximate surface area is 185 Å². The molecule has 164 valence electrons. The highest BCUT2D eigenvalue weighted by Gasteiger charge is 2.28. The Hall–Kier alpha value is -2.97. The maximum absolute atomic E-state index is 12.8. The van der Waals surface area contributed by atoms with E-state index in [1.54, 1.807) is 4.90 Å². The van der Waals surface area contributed by atoms with E-state index in [0.29, 0.717) is 32.6 Å². The largest absolute Gasteiger partial charge is 0.481 e. The lowest BCUT2D eigenvalue weighted by Gasteiger charge is -2.39. The van der Waals surface area contributed by atoms with Crippen molar-refractivity contribution in [3.63, 3.8) is 0 Å². The molecule has 1 saturated heterocycles. The molecule has 0 spiro atoms. The zero-order valence-electron chi connectivity index (χ0n) is 17.2. The molecule has 0 aliphatic carbocycles. The van der Waals surface area contributed by atoms with Crippen molar-refractivity contribution in [3.8, 4) is 0 Å². The molecule has 0 saturated carbocycles. The Kier molecular flexibility index (Phi) is 7.25. The summed E-state index contributed by atoms with van der Waals surface area (Å²) in [5.74, 6) is -1.12. The number of aliphatic carboxylic acids is 1. The number of carboxylic acid groups (broad SMARTS) is 1. The molecular weight excluding hydrogens is 422 g/mol. The van der Waals surface area contributed by atoms with Crippen LogP contribution in [0.3, 0.4) is 0 Å². The van der Waals surface area contributed by atoms with E-state index in [4.69, 9.17) is 16.7 Å². The van der Waals surface area contributed by atoms with Gasteiger partial charge in [-0.15, -0.1) is 0 Å². The minimum absolute atomic E-state index is 0.00857. The number of nitrogens with zero attached hydrogens (tertiary/aromatic N) is 3. The minimum Gasteiger partial charge on any atom is -0.481 e. The number of carbonyl (C=O) groups excluding carboxylic acids is 1. The van der Waals surface area contributed by atoms with Crippen molar-refractivity contribution in [3.05, 3.63) is 74.3 Å². The number of nitro groups is 1. The quantitative estimate of drug-likeness (QED) is 0.511. The summed E-state index contributed by atoms with van der Waals surface area (Å²) < 4.78 is 0. The monoisotopic (exact) mass is 445 g/mol. The second kappa shape index (κ2) is 9.89. The number of aryl methyl sites for hydroxylation is 1. The van der Waals surface area contributed by atoms with Gasteiger partial charge in [-0.25, -0.2) is 0 Å². The van der Waals surface area contributed by atoms with Crippen LogP contribution in [0.1, 0.15) is 40.4 Å². The summed E-state index contributed by atoms with van der Waals surface area (Å²) >= 11 is 5.84. The van der Waals surface area contributed by atoms with Crippen LogP contribution in [0.25, 0.3) is 0 Å². The number of amides is 1. The standard InChI is InChI=1S/C22H24ClN3O5/c1-15-2-4-16(5-3-15)19(8-9-21(27)28)24-10-12-25(13-11-24)22(29)17-6-7-18(23)20(14-17)26(30)31/h2-7,14,19H,8-13H2,1H3,(H,27,28)/t19-/m0/s1. The van der Waals surface area contributed by atoms with Crippen molar-refractivity contribution in [2.24, 2.45) is 0 Å². The van der Waals surface area contributed by atoms with Crippen LogP contribution in [0, 0.1) is 17.0 Å². The maximum atomic E-state index is 12.8. The lowest BCUT2D eigenvalue weighted by molar-refractivity contribution is -0.384. The van der Waals surface area contributed by atoms with Gasteiger partial charge in [0.1, 0.15) is 5.02 Å². The van der Waals surface area contributed by atoms with Gasteiger partial charge in [0.15, 0.2) is 0 Å². The summed E-state index contributed by atoms with van der Waals surface area (Å²) in [6.45, 7) is 4.07. The Bertz CT molecular complexity index is 972. The maximum Gasteiger partial charge on any atom is 0.303 e. The van der Waals surface area contributed by atoms with E-state index in [1.807, 2.05) is 31.2 Å². The number of rotatable bonds is 7. The van der Waals surface area contributed by atoms with Crippen LogP contribution >= 0.6 is 11.6 Å². The van der Waals surface area contributed by atoms with Crippen LogP contribution in [-0.2, 0) is 4.79 Å². The number of halogens is 1. The van der Waals surface area contributed by atoms with Crippen molar-refractivity contribution >= 4 is 29.2 Å². The van der Waals surface area contributed by atoms with Crippen LogP contribution in [0.15, 0.2) is 42.5 Å². The first kappa shape index (κ1) is 22.7. The lowest BCUT2D eigenvalue weighted by Crippen LogP contribution is -2.49. The van der Waals surface area contributed by atoms with Gasteiger partial charge >= 0.3 is 5.97 Å². The van der Waals surface area contributed by atoms with E-state index in [1.165, 1.54) is 18.2 Å². The smallest absolute Gasteiger partial charge is 0.303 e. The van der Waals surface area contributed by atoms with Crippen molar-refractivity contribution in [1.82, 2.24) is 9.80 Å². The normalized spacial score (nSPS) is 15.5. The molecule has 2 aromatic carbocycles. The molecule has 9 heteroatoms. The second-order valence-corrected chi connectivity index (χ2v) is 8.02. The molecule has 1 amide bonds. The molecule has 1 heterocycles. The molecule has 0 radical (unpaired) electrons. The number of hydrogen-bond acceptors (Lipinski definition) is 5.